The van der Waals surface area contributed by atoms with Gasteiger partial charge in [0.05, 0.1) is 12.2 Å². The molecule has 22 heavy (non-hydrogen) atoms. The number of rotatable bonds is 4. The molecule has 0 unspecified atom stereocenters. The minimum atomic E-state index is -0.0954. The highest BCUT2D eigenvalue weighted by Gasteiger charge is 2.31. The minimum Gasteiger partial charge on any atom is -0.335 e. The van der Waals surface area contributed by atoms with Gasteiger partial charge in [0.2, 0.25) is 0 Å². The summed E-state index contributed by atoms with van der Waals surface area (Å²) >= 11 is 1.64. The molecule has 0 radical (unpaired) electrons. The van der Waals surface area contributed by atoms with Gasteiger partial charge in [-0.3, -0.25) is 0 Å². The van der Waals surface area contributed by atoms with Gasteiger partial charge in [0.1, 0.15) is 5.01 Å². The van der Waals surface area contributed by atoms with Crippen molar-refractivity contribution in [2.24, 2.45) is 0 Å². The van der Waals surface area contributed by atoms with Gasteiger partial charge in [0, 0.05) is 10.9 Å². The van der Waals surface area contributed by atoms with Crippen LogP contribution in [0.4, 0.5) is 4.79 Å². The van der Waals surface area contributed by atoms with Crippen LogP contribution in [0.5, 0.6) is 0 Å². The van der Waals surface area contributed by atoms with Crippen LogP contribution in [0.25, 0.3) is 0 Å². The first-order valence-corrected chi connectivity index (χ1v) is 8.45. The number of aryl methyl sites for hydroxylation is 2. The summed E-state index contributed by atoms with van der Waals surface area (Å²) < 4.78 is 0. The van der Waals surface area contributed by atoms with Gasteiger partial charge in [-0.05, 0) is 38.2 Å². The van der Waals surface area contributed by atoms with E-state index in [0.717, 1.165) is 23.5 Å². The minimum absolute atomic E-state index is 0.0954. The van der Waals surface area contributed by atoms with E-state index in [0.29, 0.717) is 12.5 Å². The Bertz CT molecular complexity index is 628. The first kappa shape index (κ1) is 15.0. The Morgan fingerprint density at radius 2 is 2.00 bits per heavy atom. The maximum absolute atomic E-state index is 11.9. The molecule has 0 spiro atoms. The molecule has 5 heteroatoms. The van der Waals surface area contributed by atoms with Gasteiger partial charge in [0.25, 0.3) is 0 Å². The Kier molecular flexibility index (Phi) is 4.43. The Morgan fingerprint density at radius 3 is 2.64 bits per heavy atom. The standard InChI is InChI=1S/C17H21N3OS/c1-11-12(2)22-16(19-11)10-18-17(21)20-15-8-14(9-15)13-6-4-3-5-7-13/h3-7,14-15H,8-10H2,1-2H3,(H2,18,20,21). The SMILES string of the molecule is Cc1nc(CNC(=O)NC2CC(c3ccccc3)C2)sc1C. The molecular formula is C17H21N3OS. The van der Waals surface area contributed by atoms with E-state index < -0.39 is 0 Å². The van der Waals surface area contributed by atoms with Crippen LogP contribution in [-0.2, 0) is 6.54 Å². The number of urea groups is 1. The third-order valence-corrected chi connectivity index (χ3v) is 5.29. The summed E-state index contributed by atoms with van der Waals surface area (Å²) in [4.78, 5) is 17.5. The van der Waals surface area contributed by atoms with E-state index in [9.17, 15) is 4.79 Å². The zero-order valence-corrected chi connectivity index (χ0v) is 13.7. The number of carbonyl (C=O) groups excluding carboxylic acids is 1. The van der Waals surface area contributed by atoms with Crippen molar-refractivity contribution in [1.82, 2.24) is 15.6 Å². The van der Waals surface area contributed by atoms with Gasteiger partial charge in [-0.2, -0.15) is 0 Å². The molecule has 2 amide bonds. The van der Waals surface area contributed by atoms with Crippen molar-refractivity contribution in [3.8, 4) is 0 Å². The smallest absolute Gasteiger partial charge is 0.315 e. The third kappa shape index (κ3) is 3.47. The zero-order chi connectivity index (χ0) is 15.5. The van der Waals surface area contributed by atoms with E-state index in [2.05, 4.69) is 46.8 Å². The highest BCUT2D eigenvalue weighted by Crippen LogP contribution is 2.36. The zero-order valence-electron chi connectivity index (χ0n) is 12.9. The van der Waals surface area contributed by atoms with Crippen LogP contribution in [0, 0.1) is 13.8 Å². The molecule has 1 aromatic heterocycles. The van der Waals surface area contributed by atoms with Crippen LogP contribution >= 0.6 is 11.3 Å². The Hall–Kier alpha value is -1.88. The number of nitrogens with zero attached hydrogens (tertiary/aromatic N) is 1. The van der Waals surface area contributed by atoms with E-state index in [-0.39, 0.29) is 12.1 Å². The van der Waals surface area contributed by atoms with Crippen LogP contribution in [0.15, 0.2) is 30.3 Å². The van der Waals surface area contributed by atoms with Crippen molar-refractivity contribution in [2.75, 3.05) is 0 Å². The molecule has 0 aliphatic heterocycles. The van der Waals surface area contributed by atoms with Gasteiger partial charge in [0.15, 0.2) is 0 Å². The van der Waals surface area contributed by atoms with E-state index >= 15 is 0 Å². The average molecular weight is 315 g/mol. The second-order valence-electron chi connectivity index (χ2n) is 5.85. The number of carbonyl (C=O) groups is 1. The quantitative estimate of drug-likeness (QED) is 0.907. The molecule has 1 aliphatic rings. The van der Waals surface area contributed by atoms with Gasteiger partial charge in [-0.1, -0.05) is 30.3 Å². The first-order chi connectivity index (χ1) is 10.6. The number of benzene rings is 1. The van der Waals surface area contributed by atoms with Crippen molar-refractivity contribution in [3.05, 3.63) is 51.5 Å². The van der Waals surface area contributed by atoms with Crippen LogP contribution in [0.3, 0.4) is 0 Å². The molecule has 1 aromatic carbocycles. The van der Waals surface area contributed by atoms with Crippen LogP contribution < -0.4 is 10.6 Å². The highest BCUT2D eigenvalue weighted by atomic mass is 32.1. The van der Waals surface area contributed by atoms with Gasteiger partial charge in [-0.15, -0.1) is 11.3 Å². The van der Waals surface area contributed by atoms with Crippen molar-refractivity contribution in [3.63, 3.8) is 0 Å². The van der Waals surface area contributed by atoms with Gasteiger partial charge in [-0.25, -0.2) is 9.78 Å². The Balaban J connectivity index is 1.40. The maximum Gasteiger partial charge on any atom is 0.315 e. The fourth-order valence-electron chi connectivity index (χ4n) is 2.74. The number of hydrogen-bond acceptors (Lipinski definition) is 3. The van der Waals surface area contributed by atoms with Crippen LogP contribution in [0.2, 0.25) is 0 Å². The maximum atomic E-state index is 11.9. The van der Waals surface area contributed by atoms with Crippen molar-refractivity contribution in [2.45, 2.75) is 45.2 Å². The van der Waals surface area contributed by atoms with Gasteiger partial charge >= 0.3 is 6.03 Å². The fraction of sp³-hybridized carbons (Fsp3) is 0.412. The Morgan fingerprint density at radius 1 is 1.27 bits per heavy atom. The fourth-order valence-corrected chi connectivity index (χ4v) is 3.61. The summed E-state index contributed by atoms with van der Waals surface area (Å²) in [6.07, 6.45) is 2.04. The first-order valence-electron chi connectivity index (χ1n) is 7.64. The molecular weight excluding hydrogens is 294 g/mol. The lowest BCUT2D eigenvalue weighted by Gasteiger charge is -2.36. The monoisotopic (exact) mass is 315 g/mol. The summed E-state index contributed by atoms with van der Waals surface area (Å²) in [7, 11) is 0. The summed E-state index contributed by atoms with van der Waals surface area (Å²) in [5.41, 5.74) is 2.42. The van der Waals surface area contributed by atoms with E-state index in [4.69, 9.17) is 0 Å². The predicted octanol–water partition coefficient (Wildman–Crippen LogP) is 3.51. The number of amides is 2. The lowest BCUT2D eigenvalue weighted by molar-refractivity contribution is 0.222. The van der Waals surface area contributed by atoms with Crippen molar-refractivity contribution < 1.29 is 4.79 Å². The summed E-state index contributed by atoms with van der Waals surface area (Å²) in [5, 5.41) is 6.88. The normalized spacial score (nSPS) is 20.3. The molecule has 116 valence electrons. The van der Waals surface area contributed by atoms with Crippen LogP contribution in [0.1, 0.15) is 39.9 Å². The molecule has 2 aromatic rings. The largest absolute Gasteiger partial charge is 0.335 e. The topological polar surface area (TPSA) is 54.0 Å². The summed E-state index contributed by atoms with van der Waals surface area (Å²) in [5.74, 6) is 0.579. The third-order valence-electron chi connectivity index (χ3n) is 4.22. The molecule has 2 N–H and O–H groups in total. The van der Waals surface area contributed by atoms with E-state index in [1.807, 2.05) is 13.0 Å². The molecule has 0 saturated heterocycles. The summed E-state index contributed by atoms with van der Waals surface area (Å²) in [6.45, 7) is 4.54. The second kappa shape index (κ2) is 6.48. The van der Waals surface area contributed by atoms with E-state index in [1.165, 1.54) is 10.4 Å². The molecule has 3 rings (SSSR count). The molecule has 1 heterocycles. The van der Waals surface area contributed by atoms with Gasteiger partial charge < -0.3 is 10.6 Å². The lowest BCUT2D eigenvalue weighted by Crippen LogP contribution is -2.47. The molecule has 0 atom stereocenters. The molecule has 1 fully saturated rings. The number of aromatic nitrogens is 1. The summed E-state index contributed by atoms with van der Waals surface area (Å²) in [6, 6.07) is 10.7. The number of hydrogen-bond donors (Lipinski definition) is 2. The van der Waals surface area contributed by atoms with Crippen molar-refractivity contribution >= 4 is 17.4 Å². The Labute approximate surface area is 135 Å². The number of thiazole rings is 1. The molecule has 1 saturated carbocycles. The van der Waals surface area contributed by atoms with E-state index in [1.54, 1.807) is 11.3 Å². The average Bonchev–Trinajstić information content (AvgIpc) is 2.80. The van der Waals surface area contributed by atoms with Crippen LogP contribution in [-0.4, -0.2) is 17.1 Å². The lowest BCUT2D eigenvalue weighted by atomic mass is 9.76. The molecule has 1 aliphatic carbocycles. The highest BCUT2D eigenvalue weighted by molar-refractivity contribution is 7.11. The second-order valence-corrected chi connectivity index (χ2v) is 7.14. The van der Waals surface area contributed by atoms with Crippen molar-refractivity contribution in [1.29, 1.82) is 0 Å². The number of nitrogens with one attached hydrogen (secondary N) is 2. The molecule has 4 nitrogen and oxygen atoms in total. The molecule has 0 bridgehead atoms. The predicted molar refractivity (Wildman–Crippen MR) is 89.2 cm³/mol.